The third-order valence-electron chi connectivity index (χ3n) is 6.83. The van der Waals surface area contributed by atoms with E-state index in [1.165, 1.54) is 0 Å². The van der Waals surface area contributed by atoms with Crippen molar-refractivity contribution in [2.45, 2.75) is 32.6 Å². The Balaban J connectivity index is 1.60. The van der Waals surface area contributed by atoms with Crippen LogP contribution in [0.4, 0.5) is 5.69 Å². The number of nitrogens with one attached hydrogen (secondary N) is 2. The molecular weight excluding hydrogens is 464 g/mol. The molecule has 0 bridgehead atoms. The summed E-state index contributed by atoms with van der Waals surface area (Å²) in [5.74, 6) is 0.959. The zero-order valence-corrected chi connectivity index (χ0v) is 21.8. The number of fused-ring (bicyclic) bond motifs is 3. The molecule has 5 rings (SSSR count). The number of pyridine rings is 1. The van der Waals surface area contributed by atoms with Crippen LogP contribution in [-0.2, 0) is 0 Å². The first-order valence-corrected chi connectivity index (χ1v) is 13.1. The Labute approximate surface area is 217 Å². The van der Waals surface area contributed by atoms with E-state index in [2.05, 4.69) is 40.7 Å². The van der Waals surface area contributed by atoms with Gasteiger partial charge in [0.15, 0.2) is 11.5 Å². The number of hydrogen-bond acceptors (Lipinski definition) is 5. The lowest BCUT2D eigenvalue weighted by Crippen LogP contribution is -2.31. The van der Waals surface area contributed by atoms with Crippen molar-refractivity contribution < 1.29 is 9.53 Å². The fourth-order valence-corrected chi connectivity index (χ4v) is 4.82. The molecule has 2 N–H and O–H groups in total. The monoisotopic (exact) mass is 498 g/mol. The molecule has 192 valence electrons. The minimum absolute atomic E-state index is 0.138. The zero-order valence-electron chi connectivity index (χ0n) is 21.8. The molecule has 7 heteroatoms. The predicted molar refractivity (Wildman–Crippen MR) is 151 cm³/mol. The standard InChI is InChI=1S/C30H34N4O3/c1-4-5-14-31-24-13-12-22-27-29(24)37-26-18-21-11-7-6-10-20(21)17-25(26)34(27)19-23(28(22)35)30(36)32-15-8-9-16-33(2)3/h6-7,10-13,17-19,31H,4-5,8-9,14-16H2,1-3H3,(H,32,36). The first kappa shape index (κ1) is 24.8. The number of ether oxygens (including phenoxy) is 1. The van der Waals surface area contributed by atoms with Crippen LogP contribution in [0.3, 0.4) is 0 Å². The zero-order chi connectivity index (χ0) is 25.9. The van der Waals surface area contributed by atoms with Crippen LogP contribution in [0.25, 0.3) is 27.4 Å². The molecule has 0 aliphatic carbocycles. The van der Waals surface area contributed by atoms with Crippen molar-refractivity contribution in [3.8, 4) is 17.2 Å². The van der Waals surface area contributed by atoms with Crippen LogP contribution in [0.5, 0.6) is 11.5 Å². The Bertz CT molecular complexity index is 1520. The van der Waals surface area contributed by atoms with Gasteiger partial charge in [0.1, 0.15) is 11.1 Å². The highest BCUT2D eigenvalue weighted by Crippen LogP contribution is 2.45. The molecule has 7 nitrogen and oxygen atoms in total. The largest absolute Gasteiger partial charge is 0.451 e. The Morgan fingerprint density at radius 1 is 1.00 bits per heavy atom. The summed E-state index contributed by atoms with van der Waals surface area (Å²) < 4.78 is 8.41. The molecule has 1 aliphatic rings. The Kier molecular flexibility index (Phi) is 7.15. The molecule has 37 heavy (non-hydrogen) atoms. The number of aromatic nitrogens is 1. The van der Waals surface area contributed by atoms with Crippen molar-refractivity contribution in [3.05, 3.63) is 70.5 Å². The third kappa shape index (κ3) is 4.91. The van der Waals surface area contributed by atoms with Crippen molar-refractivity contribution >= 4 is 33.3 Å². The highest BCUT2D eigenvalue weighted by atomic mass is 16.5. The summed E-state index contributed by atoms with van der Waals surface area (Å²) >= 11 is 0. The summed E-state index contributed by atoms with van der Waals surface area (Å²) in [6, 6.07) is 15.9. The van der Waals surface area contributed by atoms with Crippen molar-refractivity contribution in [2.24, 2.45) is 0 Å². The summed E-state index contributed by atoms with van der Waals surface area (Å²) in [5.41, 5.74) is 2.18. The quantitative estimate of drug-likeness (QED) is 0.248. The smallest absolute Gasteiger partial charge is 0.256 e. The van der Waals surface area contributed by atoms with Gasteiger partial charge in [-0.1, -0.05) is 37.6 Å². The summed E-state index contributed by atoms with van der Waals surface area (Å²) in [4.78, 5) is 28.8. The second-order valence-electron chi connectivity index (χ2n) is 9.90. The number of benzene rings is 3. The van der Waals surface area contributed by atoms with Gasteiger partial charge in [-0.15, -0.1) is 0 Å². The summed E-state index contributed by atoms with van der Waals surface area (Å²) in [6.45, 7) is 4.44. The molecule has 2 heterocycles. The molecule has 1 aliphatic heterocycles. The number of carbonyl (C=O) groups excluding carboxylic acids is 1. The lowest BCUT2D eigenvalue weighted by atomic mass is 10.0. The van der Waals surface area contributed by atoms with E-state index in [1.807, 2.05) is 42.9 Å². The van der Waals surface area contributed by atoms with E-state index in [1.54, 1.807) is 12.3 Å². The van der Waals surface area contributed by atoms with Crippen molar-refractivity contribution in [2.75, 3.05) is 39.0 Å². The second kappa shape index (κ2) is 10.6. The first-order chi connectivity index (χ1) is 18.0. The van der Waals surface area contributed by atoms with Crippen LogP contribution >= 0.6 is 0 Å². The normalized spacial score (nSPS) is 12.0. The first-order valence-electron chi connectivity index (χ1n) is 13.1. The predicted octanol–water partition coefficient (Wildman–Crippen LogP) is 5.53. The summed E-state index contributed by atoms with van der Waals surface area (Å²) in [7, 11) is 4.06. The van der Waals surface area contributed by atoms with Gasteiger partial charge in [0.2, 0.25) is 5.43 Å². The SMILES string of the molecule is CCCCNc1ccc2c(=O)c(C(=O)NCCCCN(C)C)cn3c2c1Oc1cc2ccccc2cc1-3. The molecule has 1 aromatic heterocycles. The van der Waals surface area contributed by atoms with E-state index in [9.17, 15) is 9.59 Å². The average Bonchev–Trinajstić information content (AvgIpc) is 2.89. The number of rotatable bonds is 10. The van der Waals surface area contributed by atoms with Crippen LogP contribution in [0.2, 0.25) is 0 Å². The molecule has 3 aromatic carbocycles. The number of anilines is 1. The maximum Gasteiger partial charge on any atom is 0.256 e. The molecule has 0 fully saturated rings. The van der Waals surface area contributed by atoms with Crippen LogP contribution < -0.4 is 20.8 Å². The summed E-state index contributed by atoms with van der Waals surface area (Å²) in [5, 5.41) is 9.01. The van der Waals surface area contributed by atoms with Gasteiger partial charge in [0, 0.05) is 19.3 Å². The van der Waals surface area contributed by atoms with E-state index in [4.69, 9.17) is 4.74 Å². The van der Waals surface area contributed by atoms with Gasteiger partial charge in [0.05, 0.1) is 16.8 Å². The van der Waals surface area contributed by atoms with E-state index in [-0.39, 0.29) is 16.9 Å². The van der Waals surface area contributed by atoms with E-state index >= 15 is 0 Å². The van der Waals surface area contributed by atoms with Gasteiger partial charge in [-0.25, -0.2) is 0 Å². The van der Waals surface area contributed by atoms with Crippen molar-refractivity contribution in [3.63, 3.8) is 0 Å². The van der Waals surface area contributed by atoms with E-state index in [0.29, 0.717) is 28.9 Å². The molecule has 4 aromatic rings. The lowest BCUT2D eigenvalue weighted by molar-refractivity contribution is 0.0951. The molecule has 1 amide bonds. The Hall–Kier alpha value is -3.84. The van der Waals surface area contributed by atoms with Crippen LogP contribution in [0.1, 0.15) is 43.0 Å². The third-order valence-corrected chi connectivity index (χ3v) is 6.83. The maximum atomic E-state index is 13.5. The maximum absolute atomic E-state index is 13.5. The fraction of sp³-hybridized carbons (Fsp3) is 0.333. The fourth-order valence-electron chi connectivity index (χ4n) is 4.82. The molecule has 0 saturated heterocycles. The molecule has 0 atom stereocenters. The van der Waals surface area contributed by atoms with Gasteiger partial charge in [-0.05, 0) is 74.9 Å². The minimum atomic E-state index is -0.346. The van der Waals surface area contributed by atoms with Crippen molar-refractivity contribution in [1.29, 1.82) is 0 Å². The van der Waals surface area contributed by atoms with Gasteiger partial charge in [-0.2, -0.15) is 0 Å². The summed E-state index contributed by atoms with van der Waals surface area (Å²) in [6.07, 6.45) is 5.60. The van der Waals surface area contributed by atoms with Gasteiger partial charge in [0.25, 0.3) is 5.91 Å². The van der Waals surface area contributed by atoms with Crippen molar-refractivity contribution in [1.82, 2.24) is 14.8 Å². The average molecular weight is 499 g/mol. The van der Waals surface area contributed by atoms with Crippen LogP contribution in [-0.4, -0.2) is 49.1 Å². The highest BCUT2D eigenvalue weighted by molar-refractivity contribution is 6.01. The van der Waals surface area contributed by atoms with Gasteiger partial charge in [-0.3, -0.25) is 9.59 Å². The minimum Gasteiger partial charge on any atom is -0.451 e. The second-order valence-corrected chi connectivity index (χ2v) is 9.90. The molecule has 0 spiro atoms. The molecule has 0 radical (unpaired) electrons. The molecular formula is C30H34N4O3. The number of nitrogens with zero attached hydrogens (tertiary/aromatic N) is 2. The molecule has 0 unspecified atom stereocenters. The lowest BCUT2D eigenvalue weighted by Gasteiger charge is -2.26. The topological polar surface area (TPSA) is 75.6 Å². The van der Waals surface area contributed by atoms with Crippen LogP contribution in [0, 0.1) is 0 Å². The molecule has 0 saturated carbocycles. The number of unbranched alkanes of at least 4 members (excludes halogenated alkanes) is 2. The number of carbonyl (C=O) groups is 1. The van der Waals surface area contributed by atoms with E-state index < -0.39 is 0 Å². The number of amides is 1. The van der Waals surface area contributed by atoms with E-state index in [0.717, 1.165) is 60.9 Å². The number of hydrogen-bond donors (Lipinski definition) is 2. The van der Waals surface area contributed by atoms with Gasteiger partial charge >= 0.3 is 0 Å². The highest BCUT2D eigenvalue weighted by Gasteiger charge is 2.26. The Morgan fingerprint density at radius 3 is 2.54 bits per heavy atom. The Morgan fingerprint density at radius 2 is 1.78 bits per heavy atom. The van der Waals surface area contributed by atoms with Crippen LogP contribution in [0.15, 0.2) is 59.5 Å². The van der Waals surface area contributed by atoms with Gasteiger partial charge < -0.3 is 24.8 Å².